The Balaban J connectivity index is 0.00000324. The van der Waals surface area contributed by atoms with Gasteiger partial charge < -0.3 is 19.6 Å². The van der Waals surface area contributed by atoms with Crippen LogP contribution < -0.4 is 29.6 Å². The average molecular weight is 353 g/mol. The Hall–Kier alpha value is 1.22. The topological polar surface area (TPSA) is 115 Å². The molecule has 0 atom stereocenters. The fraction of sp³-hybridized carbons (Fsp3) is 0.250. The molecule has 0 radical (unpaired) electrons. The van der Waals surface area contributed by atoms with Crippen LogP contribution in [0.4, 0.5) is 0 Å². The second kappa shape index (κ2) is 8.01. The fourth-order valence-corrected chi connectivity index (χ4v) is 5.45. The zero-order valence-electron chi connectivity index (χ0n) is 10.2. The van der Waals surface area contributed by atoms with Crippen LogP contribution in [0.2, 0.25) is 0 Å². The summed E-state index contributed by atoms with van der Waals surface area (Å²) in [5.41, 5.74) is 0. The van der Waals surface area contributed by atoms with E-state index >= 15 is 0 Å². The minimum Gasteiger partial charge on any atom is -0.323 e. The van der Waals surface area contributed by atoms with E-state index < -0.39 is 19.9 Å². The molecule has 0 unspecified atom stereocenters. The number of rotatable bonds is 5. The Bertz CT molecular complexity index is 476. The van der Waals surface area contributed by atoms with Gasteiger partial charge in [0.25, 0.3) is 0 Å². The Labute approximate surface area is 141 Å². The maximum Gasteiger partial charge on any atom is 1.00 e. The number of benzene rings is 1. The third-order valence-electron chi connectivity index (χ3n) is 1.88. The molecule has 0 spiro atoms. The van der Waals surface area contributed by atoms with Crippen molar-refractivity contribution in [3.8, 4) is 0 Å². The third-order valence-corrected chi connectivity index (χ3v) is 8.61. The molecule has 1 rings (SSSR count). The predicted octanol–water partition coefficient (Wildman–Crippen LogP) is -0.856. The van der Waals surface area contributed by atoms with E-state index in [-0.39, 0.29) is 29.6 Å². The van der Waals surface area contributed by atoms with E-state index in [0.717, 1.165) is 4.90 Å². The Morgan fingerprint density at radius 3 is 1.63 bits per heavy atom. The van der Waals surface area contributed by atoms with Crippen LogP contribution in [0.15, 0.2) is 34.1 Å². The average Bonchev–Trinajstić information content (AvgIpc) is 2.23. The van der Waals surface area contributed by atoms with Crippen molar-refractivity contribution in [2.75, 3.05) is 6.26 Å². The number of hydrogen-bond acceptors (Lipinski definition) is 4. The zero-order chi connectivity index (χ0) is 14.0. The molecule has 102 valence electrons. The summed E-state index contributed by atoms with van der Waals surface area (Å²) in [7, 11) is -9.77. The summed E-state index contributed by atoms with van der Waals surface area (Å²) in [4.78, 5) is 37.2. The van der Waals surface area contributed by atoms with Crippen molar-refractivity contribution in [2.45, 2.75) is 14.5 Å². The second-order valence-corrected chi connectivity index (χ2v) is 9.85. The Kier molecular flexibility index (Phi) is 8.53. The second-order valence-electron chi connectivity index (χ2n) is 3.30. The van der Waals surface area contributed by atoms with E-state index in [2.05, 4.69) is 0 Å². The van der Waals surface area contributed by atoms with Crippen molar-refractivity contribution in [3.63, 3.8) is 0 Å². The summed E-state index contributed by atoms with van der Waals surface area (Å²) in [5, 5.41) is 0. The quantitative estimate of drug-likeness (QED) is 0.307. The largest absolute Gasteiger partial charge is 1.00 e. The van der Waals surface area contributed by atoms with Crippen LogP contribution in [0.25, 0.3) is 0 Å². The molecule has 0 amide bonds. The van der Waals surface area contributed by atoms with E-state index in [1.54, 1.807) is 24.3 Å². The first-order chi connectivity index (χ1) is 8.14. The van der Waals surface area contributed by atoms with Gasteiger partial charge >= 0.3 is 44.7 Å². The van der Waals surface area contributed by atoms with Crippen LogP contribution in [0.3, 0.4) is 0 Å². The normalized spacial score (nSPS) is 12.3. The van der Waals surface area contributed by atoms with Crippen molar-refractivity contribution in [2.24, 2.45) is 0 Å². The summed E-state index contributed by atoms with van der Waals surface area (Å²) < 4.78 is 20.1. The van der Waals surface area contributed by atoms with E-state index in [1.807, 2.05) is 6.26 Å². The molecular formula is C8H12NaO6P2S2+. The van der Waals surface area contributed by atoms with Crippen molar-refractivity contribution < 1.29 is 58.3 Å². The molecule has 0 bridgehead atoms. The summed E-state index contributed by atoms with van der Waals surface area (Å²) in [6.45, 7) is 0. The monoisotopic (exact) mass is 353 g/mol. The van der Waals surface area contributed by atoms with E-state index in [0.29, 0.717) is 16.7 Å². The molecule has 1 aromatic carbocycles. The molecule has 0 fully saturated rings. The molecule has 0 saturated carbocycles. The van der Waals surface area contributed by atoms with Gasteiger partial charge in [-0.3, -0.25) is 9.13 Å². The summed E-state index contributed by atoms with van der Waals surface area (Å²) in [6, 6.07) is 6.55. The van der Waals surface area contributed by atoms with Crippen LogP contribution in [0.1, 0.15) is 0 Å². The number of hydrogen-bond donors (Lipinski definition) is 4. The Morgan fingerprint density at radius 2 is 1.32 bits per heavy atom. The molecule has 11 heteroatoms. The standard InChI is InChI=1S/C8H12O6P2S2.Na/c1-17-6-2-4-7(5-3-6)18-8(15(9,10)11)16(12,13)14;/h2-5,8H,1H3,(H2,9,10,11)(H2,12,13,14);/q;+1. The Morgan fingerprint density at radius 1 is 0.947 bits per heavy atom. The van der Waals surface area contributed by atoms with E-state index in [4.69, 9.17) is 19.6 Å². The van der Waals surface area contributed by atoms with Gasteiger partial charge in [-0.25, -0.2) is 0 Å². The van der Waals surface area contributed by atoms with Gasteiger partial charge in [0.15, 0.2) is 0 Å². The van der Waals surface area contributed by atoms with Crippen molar-refractivity contribution in [1.29, 1.82) is 0 Å². The molecule has 4 N–H and O–H groups in total. The molecule has 19 heavy (non-hydrogen) atoms. The SMILES string of the molecule is CSc1ccc(SC(P(=O)(O)O)P(=O)(O)O)cc1.[Na+]. The minimum atomic E-state index is -4.89. The summed E-state index contributed by atoms with van der Waals surface area (Å²) in [5.74, 6) is 0. The van der Waals surface area contributed by atoms with Crippen LogP contribution in [0.5, 0.6) is 0 Å². The number of thioether (sulfide) groups is 2. The molecule has 0 aliphatic carbocycles. The fourth-order valence-electron chi connectivity index (χ4n) is 1.11. The van der Waals surface area contributed by atoms with Crippen molar-refractivity contribution in [3.05, 3.63) is 24.3 Å². The first-order valence-corrected chi connectivity index (χ1v) is 10.0. The van der Waals surface area contributed by atoms with Crippen LogP contribution in [0, 0.1) is 0 Å². The van der Waals surface area contributed by atoms with E-state index in [9.17, 15) is 9.13 Å². The van der Waals surface area contributed by atoms with Crippen molar-refractivity contribution >= 4 is 38.7 Å². The first kappa shape index (κ1) is 20.2. The maximum absolute atomic E-state index is 11.1. The first-order valence-electron chi connectivity index (χ1n) is 4.56. The van der Waals surface area contributed by atoms with Gasteiger partial charge in [-0.2, -0.15) is 0 Å². The molecule has 0 aliphatic heterocycles. The van der Waals surface area contributed by atoms with Crippen LogP contribution >= 0.6 is 38.7 Å². The van der Waals surface area contributed by atoms with Gasteiger partial charge in [0, 0.05) is 9.79 Å². The van der Waals surface area contributed by atoms with Gasteiger partial charge in [0.05, 0.1) is 0 Å². The minimum absolute atomic E-state index is 0. The van der Waals surface area contributed by atoms with Gasteiger partial charge in [0.1, 0.15) is 0 Å². The van der Waals surface area contributed by atoms with Gasteiger partial charge in [-0.05, 0) is 30.5 Å². The van der Waals surface area contributed by atoms with Crippen LogP contribution in [-0.4, -0.2) is 30.6 Å². The molecule has 0 aromatic heterocycles. The van der Waals surface area contributed by atoms with E-state index in [1.165, 1.54) is 11.8 Å². The summed E-state index contributed by atoms with van der Waals surface area (Å²) in [6.07, 6.45) is 1.87. The van der Waals surface area contributed by atoms with Gasteiger partial charge in [-0.15, -0.1) is 11.8 Å². The maximum atomic E-state index is 11.1. The molecule has 6 nitrogen and oxygen atoms in total. The molecule has 0 aliphatic rings. The van der Waals surface area contributed by atoms with Crippen molar-refractivity contribution in [1.82, 2.24) is 0 Å². The molecule has 1 aromatic rings. The molecule has 0 saturated heterocycles. The van der Waals surface area contributed by atoms with Gasteiger partial charge in [0.2, 0.25) is 4.73 Å². The zero-order valence-corrected chi connectivity index (χ0v) is 15.6. The molecule has 0 heterocycles. The van der Waals surface area contributed by atoms with Gasteiger partial charge in [-0.1, -0.05) is 11.8 Å². The summed E-state index contributed by atoms with van der Waals surface area (Å²) >= 11 is 1.98. The molecular weight excluding hydrogens is 341 g/mol. The third kappa shape index (κ3) is 6.68. The predicted molar refractivity (Wildman–Crippen MR) is 72.0 cm³/mol. The van der Waals surface area contributed by atoms with Crippen LogP contribution in [-0.2, 0) is 9.13 Å². The smallest absolute Gasteiger partial charge is 0.323 e.